The molecular weight excluding hydrogens is 354 g/mol. The molecule has 2 amide bonds. The van der Waals surface area contributed by atoms with Gasteiger partial charge in [0, 0.05) is 18.3 Å². The first-order valence-electron chi connectivity index (χ1n) is 9.31. The molecule has 3 aromatic rings. The number of carbonyl (C=O) groups excluding carboxylic acids is 1. The van der Waals surface area contributed by atoms with Gasteiger partial charge in [-0.15, -0.1) is 11.3 Å². The number of rotatable bonds is 8. The van der Waals surface area contributed by atoms with E-state index in [1.54, 1.807) is 11.3 Å². The summed E-state index contributed by atoms with van der Waals surface area (Å²) in [6.07, 6.45) is 2.46. The summed E-state index contributed by atoms with van der Waals surface area (Å²) in [5, 5.41) is 9.29. The summed E-state index contributed by atoms with van der Waals surface area (Å²) in [6, 6.07) is 20.1. The summed E-state index contributed by atoms with van der Waals surface area (Å²) in [6.45, 7) is 2.68. The minimum absolute atomic E-state index is 0.0698. The van der Waals surface area contributed by atoms with Crippen molar-refractivity contribution in [3.05, 3.63) is 87.9 Å². The molecule has 0 radical (unpaired) electrons. The van der Waals surface area contributed by atoms with Gasteiger partial charge in [-0.2, -0.15) is 0 Å². The molecular formula is C22H25N3OS. The SMILES string of the molecule is CCc1nc(CCNC(=O)N[C@@H](Cc2ccccc2)c2ccccc2)cs1. The summed E-state index contributed by atoms with van der Waals surface area (Å²) in [5.41, 5.74) is 3.34. The van der Waals surface area contributed by atoms with Gasteiger partial charge in [0.2, 0.25) is 0 Å². The molecule has 3 rings (SSSR count). The summed E-state index contributed by atoms with van der Waals surface area (Å²) >= 11 is 1.68. The number of nitrogens with one attached hydrogen (secondary N) is 2. The lowest BCUT2D eigenvalue weighted by atomic mass is 9.99. The molecule has 140 valence electrons. The maximum Gasteiger partial charge on any atom is 0.315 e. The van der Waals surface area contributed by atoms with Crippen molar-refractivity contribution < 1.29 is 4.79 Å². The van der Waals surface area contributed by atoms with E-state index in [4.69, 9.17) is 0 Å². The second kappa shape index (κ2) is 9.88. The third kappa shape index (κ3) is 5.93. The Bertz CT molecular complexity index is 833. The second-order valence-corrected chi connectivity index (χ2v) is 7.33. The average molecular weight is 380 g/mol. The van der Waals surface area contributed by atoms with E-state index in [0.29, 0.717) is 6.54 Å². The predicted molar refractivity (Wildman–Crippen MR) is 111 cm³/mol. The number of nitrogens with zero attached hydrogens (tertiary/aromatic N) is 1. The Hall–Kier alpha value is -2.66. The number of aromatic nitrogens is 1. The van der Waals surface area contributed by atoms with Crippen LogP contribution in [0.15, 0.2) is 66.0 Å². The number of hydrogen-bond donors (Lipinski definition) is 2. The van der Waals surface area contributed by atoms with Crippen LogP contribution in [0.3, 0.4) is 0 Å². The van der Waals surface area contributed by atoms with Gasteiger partial charge in [-0.1, -0.05) is 67.6 Å². The van der Waals surface area contributed by atoms with Crippen LogP contribution in [0.25, 0.3) is 0 Å². The first kappa shape index (κ1) is 19.1. The third-order valence-corrected chi connectivity index (χ3v) is 5.40. The number of amides is 2. The van der Waals surface area contributed by atoms with E-state index in [-0.39, 0.29) is 12.1 Å². The molecule has 0 saturated carbocycles. The van der Waals surface area contributed by atoms with Crippen molar-refractivity contribution in [2.45, 2.75) is 32.2 Å². The van der Waals surface area contributed by atoms with E-state index in [9.17, 15) is 4.79 Å². The van der Waals surface area contributed by atoms with Crippen LogP contribution in [0.1, 0.15) is 34.8 Å². The van der Waals surface area contributed by atoms with E-state index in [0.717, 1.165) is 35.5 Å². The van der Waals surface area contributed by atoms with E-state index in [1.807, 2.05) is 36.4 Å². The lowest BCUT2D eigenvalue weighted by Gasteiger charge is -2.20. The maximum absolute atomic E-state index is 12.4. The zero-order chi connectivity index (χ0) is 18.9. The number of hydrogen-bond acceptors (Lipinski definition) is 3. The molecule has 0 bridgehead atoms. The highest BCUT2D eigenvalue weighted by Crippen LogP contribution is 2.18. The molecule has 2 aromatic carbocycles. The smallest absolute Gasteiger partial charge is 0.315 e. The van der Waals surface area contributed by atoms with Crippen molar-refractivity contribution >= 4 is 17.4 Å². The minimum atomic E-state index is -0.147. The largest absolute Gasteiger partial charge is 0.338 e. The molecule has 27 heavy (non-hydrogen) atoms. The Morgan fingerprint density at radius 1 is 1.07 bits per heavy atom. The molecule has 0 spiro atoms. The molecule has 1 aromatic heterocycles. The summed E-state index contributed by atoms with van der Waals surface area (Å²) < 4.78 is 0. The van der Waals surface area contributed by atoms with Gasteiger partial charge in [0.15, 0.2) is 0 Å². The number of thiazole rings is 1. The minimum Gasteiger partial charge on any atom is -0.338 e. The molecule has 2 N–H and O–H groups in total. The molecule has 0 aliphatic rings. The van der Waals surface area contributed by atoms with E-state index >= 15 is 0 Å². The van der Waals surface area contributed by atoms with Crippen LogP contribution in [-0.4, -0.2) is 17.6 Å². The van der Waals surface area contributed by atoms with Crippen LogP contribution in [0.2, 0.25) is 0 Å². The van der Waals surface area contributed by atoms with Crippen LogP contribution < -0.4 is 10.6 Å². The topological polar surface area (TPSA) is 54.0 Å². The van der Waals surface area contributed by atoms with Crippen molar-refractivity contribution in [1.82, 2.24) is 15.6 Å². The van der Waals surface area contributed by atoms with Gasteiger partial charge in [0.05, 0.1) is 16.7 Å². The lowest BCUT2D eigenvalue weighted by molar-refractivity contribution is 0.237. The highest BCUT2D eigenvalue weighted by Gasteiger charge is 2.15. The Kier molecular flexibility index (Phi) is 6.99. The van der Waals surface area contributed by atoms with E-state index < -0.39 is 0 Å². The molecule has 1 atom stereocenters. The van der Waals surface area contributed by atoms with Crippen LogP contribution >= 0.6 is 11.3 Å². The van der Waals surface area contributed by atoms with Gasteiger partial charge >= 0.3 is 6.03 Å². The van der Waals surface area contributed by atoms with Crippen molar-refractivity contribution in [1.29, 1.82) is 0 Å². The third-order valence-electron chi connectivity index (χ3n) is 4.36. The summed E-state index contributed by atoms with van der Waals surface area (Å²) in [7, 11) is 0. The Morgan fingerprint density at radius 2 is 1.78 bits per heavy atom. The quantitative estimate of drug-likeness (QED) is 0.604. The lowest BCUT2D eigenvalue weighted by Crippen LogP contribution is -2.39. The number of aryl methyl sites for hydroxylation is 1. The van der Waals surface area contributed by atoms with E-state index in [1.165, 1.54) is 5.56 Å². The first-order valence-corrected chi connectivity index (χ1v) is 10.2. The van der Waals surface area contributed by atoms with Crippen molar-refractivity contribution in [3.8, 4) is 0 Å². The summed E-state index contributed by atoms with van der Waals surface area (Å²) in [5.74, 6) is 0. The fraction of sp³-hybridized carbons (Fsp3) is 0.273. The fourth-order valence-corrected chi connectivity index (χ4v) is 3.71. The molecule has 4 nitrogen and oxygen atoms in total. The molecule has 5 heteroatoms. The van der Waals surface area contributed by atoms with Crippen LogP contribution in [0.4, 0.5) is 4.79 Å². The van der Waals surface area contributed by atoms with Crippen LogP contribution in [-0.2, 0) is 19.3 Å². The standard InChI is InChI=1S/C22H25N3OS/c1-2-21-24-19(16-27-21)13-14-23-22(26)25-20(18-11-7-4-8-12-18)15-17-9-5-3-6-10-17/h3-12,16,20H,2,13-15H2,1H3,(H2,23,25,26)/t20-/m0/s1. The monoisotopic (exact) mass is 379 g/mol. The average Bonchev–Trinajstić information content (AvgIpc) is 3.17. The van der Waals surface area contributed by atoms with Crippen LogP contribution in [0, 0.1) is 0 Å². The predicted octanol–water partition coefficient (Wildman–Crippen LogP) is 4.53. The van der Waals surface area contributed by atoms with E-state index in [2.05, 4.69) is 52.2 Å². The second-order valence-electron chi connectivity index (χ2n) is 6.39. The first-order chi connectivity index (χ1) is 13.2. The number of carbonyl (C=O) groups is 1. The van der Waals surface area contributed by atoms with Gasteiger partial charge < -0.3 is 10.6 Å². The van der Waals surface area contributed by atoms with Gasteiger partial charge in [-0.05, 0) is 24.0 Å². The zero-order valence-corrected chi connectivity index (χ0v) is 16.3. The highest BCUT2D eigenvalue weighted by atomic mass is 32.1. The normalized spacial score (nSPS) is 11.7. The van der Waals surface area contributed by atoms with Crippen molar-refractivity contribution in [2.24, 2.45) is 0 Å². The molecule has 0 fully saturated rings. The summed E-state index contributed by atoms with van der Waals surface area (Å²) in [4.78, 5) is 17.0. The fourth-order valence-electron chi connectivity index (χ4n) is 2.93. The van der Waals surface area contributed by atoms with Crippen molar-refractivity contribution in [3.63, 3.8) is 0 Å². The number of urea groups is 1. The molecule has 0 aliphatic heterocycles. The molecule has 0 saturated heterocycles. The Balaban J connectivity index is 1.57. The molecule has 0 unspecified atom stereocenters. The highest BCUT2D eigenvalue weighted by molar-refractivity contribution is 7.09. The van der Waals surface area contributed by atoms with Gasteiger partial charge in [0.1, 0.15) is 0 Å². The van der Waals surface area contributed by atoms with Gasteiger partial charge in [0.25, 0.3) is 0 Å². The van der Waals surface area contributed by atoms with Crippen molar-refractivity contribution in [2.75, 3.05) is 6.54 Å². The van der Waals surface area contributed by atoms with Gasteiger partial charge in [-0.3, -0.25) is 0 Å². The Morgan fingerprint density at radius 3 is 2.44 bits per heavy atom. The molecule has 1 heterocycles. The van der Waals surface area contributed by atoms with Crippen LogP contribution in [0.5, 0.6) is 0 Å². The van der Waals surface area contributed by atoms with Gasteiger partial charge in [-0.25, -0.2) is 9.78 Å². The maximum atomic E-state index is 12.4. The zero-order valence-electron chi connectivity index (χ0n) is 15.5. The molecule has 0 aliphatic carbocycles. The Labute approximate surface area is 164 Å². The number of benzene rings is 2.